The number of nitrogens with zero attached hydrogens (tertiary/aromatic N) is 1. The van der Waals surface area contributed by atoms with Crippen LogP contribution in [0.3, 0.4) is 0 Å². The molecule has 6 heteroatoms. The first-order valence-corrected chi connectivity index (χ1v) is 7.31. The molecule has 2 rings (SSSR count). The van der Waals surface area contributed by atoms with Gasteiger partial charge in [0.15, 0.2) is 0 Å². The van der Waals surface area contributed by atoms with Crippen LogP contribution in [0.25, 0.3) is 11.3 Å². The average Bonchev–Trinajstić information content (AvgIpc) is 2.46. The molecule has 0 bridgehead atoms. The summed E-state index contributed by atoms with van der Waals surface area (Å²) in [5.74, 6) is 6.30. The van der Waals surface area contributed by atoms with Crippen LogP contribution in [0.15, 0.2) is 33.5 Å². The molecule has 111 valence electrons. The smallest absolute Gasteiger partial charge is 0.212 e. The second-order valence-electron chi connectivity index (χ2n) is 4.21. The van der Waals surface area contributed by atoms with Crippen LogP contribution in [0.1, 0.15) is 6.92 Å². The molecule has 0 saturated carbocycles. The Morgan fingerprint density at radius 2 is 2.18 bits per heavy atom. The van der Waals surface area contributed by atoms with Crippen LogP contribution in [0.5, 0.6) is 5.75 Å². The zero-order valence-corrected chi connectivity index (χ0v) is 17.3. The molecule has 0 fully saturated rings. The van der Waals surface area contributed by atoms with Gasteiger partial charge in [0.2, 0.25) is 5.56 Å². The molecule has 3 nitrogen and oxygen atoms in total. The molecular formula is C16H12BrClNO2Y-. The summed E-state index contributed by atoms with van der Waals surface area (Å²) < 4.78 is 7.76. The number of hydrogen-bond donors (Lipinski definition) is 0. The van der Waals surface area contributed by atoms with Gasteiger partial charge >= 0.3 is 0 Å². The van der Waals surface area contributed by atoms with E-state index in [0.29, 0.717) is 18.1 Å². The topological polar surface area (TPSA) is 31.2 Å². The third-order valence-electron chi connectivity index (χ3n) is 2.86. The fraction of sp³-hybridized carbons (Fsp3) is 0.188. The predicted molar refractivity (Wildman–Crippen MR) is 87.6 cm³/mol. The minimum Gasteiger partial charge on any atom is -0.481 e. The maximum atomic E-state index is 11.9. The van der Waals surface area contributed by atoms with E-state index in [1.165, 1.54) is 10.6 Å². The molecule has 0 unspecified atom stereocenters. The van der Waals surface area contributed by atoms with Gasteiger partial charge in [0, 0.05) is 44.8 Å². The maximum Gasteiger partial charge on any atom is 0.212 e. The van der Waals surface area contributed by atoms with Gasteiger partial charge in [-0.2, -0.15) is 23.7 Å². The molecule has 0 saturated heterocycles. The van der Waals surface area contributed by atoms with E-state index in [2.05, 4.69) is 33.8 Å². The van der Waals surface area contributed by atoms with Crippen molar-refractivity contribution in [1.29, 1.82) is 0 Å². The summed E-state index contributed by atoms with van der Waals surface area (Å²) in [7, 11) is 1.66. The van der Waals surface area contributed by atoms with Crippen molar-refractivity contribution in [3.05, 3.63) is 50.2 Å². The Labute approximate surface area is 168 Å². The first kappa shape index (κ1) is 19.5. The Morgan fingerprint density at radius 1 is 1.45 bits per heavy atom. The molecule has 0 atom stereocenters. The number of halogens is 2. The van der Waals surface area contributed by atoms with Crippen LogP contribution < -0.4 is 10.3 Å². The number of aromatic nitrogens is 1. The summed E-state index contributed by atoms with van der Waals surface area (Å²) in [5.41, 5.74) is 1.23. The Hall–Kier alpha value is -0.596. The van der Waals surface area contributed by atoms with Crippen molar-refractivity contribution < 1.29 is 37.4 Å². The standard InChI is InChI=1S/C16H12BrClNO2.Y/c1-3-4-9-21-11-5-6-12(13(17)10-11)15-8-7-14(18)16(20)19(15)2;/h5-7,10H,9H2,1-2H3;/q-1;. The average molecular weight is 455 g/mol. The fourth-order valence-corrected chi connectivity index (χ4v) is 2.51. The number of hydrogen-bond acceptors (Lipinski definition) is 2. The summed E-state index contributed by atoms with van der Waals surface area (Å²) in [4.78, 5) is 11.9. The van der Waals surface area contributed by atoms with Crippen LogP contribution in [-0.2, 0) is 39.8 Å². The number of pyridine rings is 1. The normalized spacial score (nSPS) is 9.45. The molecule has 22 heavy (non-hydrogen) atoms. The third kappa shape index (κ3) is 4.46. The largest absolute Gasteiger partial charge is 0.481 e. The molecule has 0 N–H and O–H groups in total. The molecule has 0 aliphatic carbocycles. The summed E-state index contributed by atoms with van der Waals surface area (Å²) >= 11 is 9.29. The number of rotatable bonds is 3. The van der Waals surface area contributed by atoms with Crippen molar-refractivity contribution in [2.45, 2.75) is 6.92 Å². The van der Waals surface area contributed by atoms with Crippen LogP contribution in [0, 0.1) is 17.9 Å². The summed E-state index contributed by atoms with van der Waals surface area (Å²) in [6.45, 7) is 2.10. The van der Waals surface area contributed by atoms with Crippen molar-refractivity contribution in [3.63, 3.8) is 0 Å². The second-order valence-corrected chi connectivity index (χ2v) is 5.47. The quantitative estimate of drug-likeness (QED) is 0.524. The molecule has 0 spiro atoms. The second kappa shape index (κ2) is 8.89. The van der Waals surface area contributed by atoms with E-state index in [-0.39, 0.29) is 43.3 Å². The van der Waals surface area contributed by atoms with Crippen LogP contribution in [-0.4, -0.2) is 11.2 Å². The van der Waals surface area contributed by atoms with Crippen molar-refractivity contribution >= 4 is 27.5 Å². The molecule has 0 aliphatic rings. The number of benzene rings is 1. The van der Waals surface area contributed by atoms with Gasteiger partial charge in [0.1, 0.15) is 12.4 Å². The molecule has 1 aromatic carbocycles. The van der Waals surface area contributed by atoms with Gasteiger partial charge in [-0.15, -0.1) is 12.0 Å². The Bertz CT molecular complexity index is 793. The van der Waals surface area contributed by atoms with Crippen molar-refractivity contribution in [2.75, 3.05) is 6.61 Å². The maximum absolute atomic E-state index is 11.9. The fourth-order valence-electron chi connectivity index (χ4n) is 1.78. The number of ether oxygens (including phenoxy) is 1. The molecule has 0 amide bonds. The van der Waals surface area contributed by atoms with E-state index < -0.39 is 0 Å². The monoisotopic (exact) mass is 453 g/mol. The molecule has 2 aromatic rings. The predicted octanol–water partition coefficient (Wildman–Crippen LogP) is 3.67. The molecule has 1 heterocycles. The van der Waals surface area contributed by atoms with Crippen LogP contribution >= 0.6 is 27.5 Å². The third-order valence-corrected chi connectivity index (χ3v) is 3.79. The van der Waals surface area contributed by atoms with E-state index in [9.17, 15) is 4.79 Å². The first-order chi connectivity index (χ1) is 10.0. The SMILES string of the molecule is CC#CCOc1ccc(-c2[c-]cc(Cl)c(=O)n2C)c(Br)c1.[Y]. The van der Waals surface area contributed by atoms with Gasteiger partial charge in [0.05, 0.1) is 0 Å². The van der Waals surface area contributed by atoms with Crippen molar-refractivity contribution in [3.8, 4) is 28.8 Å². The van der Waals surface area contributed by atoms with E-state index in [0.717, 1.165) is 10.0 Å². The van der Waals surface area contributed by atoms with Gasteiger partial charge in [-0.25, -0.2) is 0 Å². The molecule has 0 aliphatic heterocycles. The zero-order chi connectivity index (χ0) is 15.4. The van der Waals surface area contributed by atoms with Gasteiger partial charge < -0.3 is 9.30 Å². The molecular weight excluding hydrogens is 442 g/mol. The minimum atomic E-state index is -0.254. The summed E-state index contributed by atoms with van der Waals surface area (Å²) in [6, 6.07) is 10.0. The Balaban J connectivity index is 0.00000242. The first-order valence-electron chi connectivity index (χ1n) is 6.14. The Morgan fingerprint density at radius 3 is 2.82 bits per heavy atom. The minimum absolute atomic E-state index is 0. The van der Waals surface area contributed by atoms with E-state index in [4.69, 9.17) is 16.3 Å². The van der Waals surface area contributed by atoms with Crippen LogP contribution in [0.4, 0.5) is 0 Å². The molecule has 1 radical (unpaired) electrons. The van der Waals surface area contributed by atoms with Crippen molar-refractivity contribution in [2.24, 2.45) is 7.05 Å². The summed E-state index contributed by atoms with van der Waals surface area (Å²) in [5, 5.41) is 0.149. The van der Waals surface area contributed by atoms with E-state index in [1.807, 2.05) is 18.2 Å². The molecule has 1 aromatic heterocycles. The van der Waals surface area contributed by atoms with Gasteiger partial charge in [-0.3, -0.25) is 4.79 Å². The van der Waals surface area contributed by atoms with Gasteiger partial charge in [-0.1, -0.05) is 33.1 Å². The van der Waals surface area contributed by atoms with Crippen LogP contribution in [0.2, 0.25) is 5.02 Å². The van der Waals surface area contributed by atoms with Crippen molar-refractivity contribution in [1.82, 2.24) is 4.57 Å². The van der Waals surface area contributed by atoms with E-state index >= 15 is 0 Å². The van der Waals surface area contributed by atoms with E-state index in [1.54, 1.807) is 14.0 Å². The summed E-state index contributed by atoms with van der Waals surface area (Å²) in [6.07, 6.45) is 0. The van der Waals surface area contributed by atoms with Gasteiger partial charge in [0.25, 0.3) is 0 Å². The van der Waals surface area contributed by atoms with Gasteiger partial charge in [-0.05, 0) is 23.5 Å². The zero-order valence-electron chi connectivity index (χ0n) is 12.1. The Kier molecular flexibility index (Phi) is 7.86.